The maximum absolute atomic E-state index is 5.53. The van der Waals surface area contributed by atoms with Gasteiger partial charge in [0, 0.05) is 25.5 Å². The topological polar surface area (TPSA) is 46.6 Å². The van der Waals surface area contributed by atoms with Crippen LogP contribution in [0.3, 0.4) is 0 Å². The molecule has 1 aromatic heterocycles. The van der Waals surface area contributed by atoms with E-state index in [4.69, 9.17) is 9.47 Å². The minimum atomic E-state index is 0.286. The minimum Gasteiger partial charge on any atom is -0.454 e. The Morgan fingerprint density at radius 1 is 1.32 bits per heavy atom. The number of thiazole rings is 1. The fourth-order valence-corrected chi connectivity index (χ4v) is 4.64. The molecule has 0 aliphatic carbocycles. The molecule has 0 spiro atoms. The Morgan fingerprint density at radius 2 is 2.20 bits per heavy atom. The summed E-state index contributed by atoms with van der Waals surface area (Å²) in [4.78, 5) is 7.18. The highest BCUT2D eigenvalue weighted by atomic mass is 32.1. The average molecular weight is 359 g/mol. The van der Waals surface area contributed by atoms with Crippen LogP contribution in [-0.2, 0) is 13.0 Å². The Morgan fingerprint density at radius 3 is 3.04 bits per heavy atom. The monoisotopic (exact) mass is 359 g/mol. The number of anilines is 1. The van der Waals surface area contributed by atoms with Crippen LogP contribution in [0.1, 0.15) is 31.0 Å². The predicted molar refractivity (Wildman–Crippen MR) is 101 cm³/mol. The summed E-state index contributed by atoms with van der Waals surface area (Å²) in [5.74, 6) is 1.75. The third-order valence-electron chi connectivity index (χ3n) is 5.08. The molecule has 134 valence electrons. The SMILES string of the molecule is CNc1nc(CN2CCC[C@@](C)(Cc3ccc4c(c3)OCO4)C2)cs1. The van der Waals surface area contributed by atoms with Crippen LogP contribution < -0.4 is 14.8 Å². The molecule has 1 N–H and O–H groups in total. The fraction of sp³-hybridized carbons (Fsp3) is 0.526. The van der Waals surface area contributed by atoms with E-state index in [1.165, 1.54) is 24.1 Å². The van der Waals surface area contributed by atoms with Crippen molar-refractivity contribution in [1.29, 1.82) is 0 Å². The van der Waals surface area contributed by atoms with Gasteiger partial charge in [-0.1, -0.05) is 13.0 Å². The first-order valence-corrected chi connectivity index (χ1v) is 9.75. The average Bonchev–Trinajstić information content (AvgIpc) is 3.23. The minimum absolute atomic E-state index is 0.286. The van der Waals surface area contributed by atoms with Crippen molar-refractivity contribution in [3.8, 4) is 11.5 Å². The highest BCUT2D eigenvalue weighted by Crippen LogP contribution is 2.38. The van der Waals surface area contributed by atoms with Gasteiger partial charge in [-0.2, -0.15) is 0 Å². The summed E-state index contributed by atoms with van der Waals surface area (Å²) >= 11 is 1.68. The quantitative estimate of drug-likeness (QED) is 0.881. The Hall–Kier alpha value is -1.79. The van der Waals surface area contributed by atoms with Crippen molar-refractivity contribution in [3.63, 3.8) is 0 Å². The molecule has 5 nitrogen and oxygen atoms in total. The van der Waals surface area contributed by atoms with E-state index in [0.29, 0.717) is 6.79 Å². The van der Waals surface area contributed by atoms with Gasteiger partial charge in [0.2, 0.25) is 6.79 Å². The first-order chi connectivity index (χ1) is 12.1. The fourth-order valence-electron chi connectivity index (χ4n) is 3.97. The number of piperidine rings is 1. The highest BCUT2D eigenvalue weighted by molar-refractivity contribution is 7.13. The van der Waals surface area contributed by atoms with Crippen LogP contribution >= 0.6 is 11.3 Å². The van der Waals surface area contributed by atoms with E-state index in [9.17, 15) is 0 Å². The molecule has 0 amide bonds. The van der Waals surface area contributed by atoms with Crippen LogP contribution in [0.2, 0.25) is 0 Å². The van der Waals surface area contributed by atoms with Gasteiger partial charge in [-0.15, -0.1) is 11.3 Å². The third kappa shape index (κ3) is 3.75. The molecule has 2 aromatic rings. The van der Waals surface area contributed by atoms with Crippen molar-refractivity contribution >= 4 is 16.5 Å². The Labute approximate surface area is 153 Å². The summed E-state index contributed by atoms with van der Waals surface area (Å²) in [7, 11) is 1.92. The van der Waals surface area contributed by atoms with Crippen LogP contribution in [0.25, 0.3) is 0 Å². The largest absolute Gasteiger partial charge is 0.454 e. The molecule has 0 bridgehead atoms. The second-order valence-corrected chi connectivity index (χ2v) is 8.24. The molecule has 25 heavy (non-hydrogen) atoms. The first kappa shape index (κ1) is 16.7. The lowest BCUT2D eigenvalue weighted by molar-refractivity contribution is 0.0961. The molecule has 0 radical (unpaired) electrons. The van der Waals surface area contributed by atoms with Crippen LogP contribution in [0.4, 0.5) is 5.13 Å². The molecule has 4 rings (SSSR count). The molecule has 1 atom stereocenters. The van der Waals surface area contributed by atoms with Crippen molar-refractivity contribution < 1.29 is 9.47 Å². The molecule has 6 heteroatoms. The van der Waals surface area contributed by atoms with Crippen LogP contribution in [-0.4, -0.2) is 36.8 Å². The second kappa shape index (κ2) is 6.84. The normalized spacial score (nSPS) is 23.0. The summed E-state index contributed by atoms with van der Waals surface area (Å²) in [5.41, 5.74) is 2.79. The molecule has 3 heterocycles. The van der Waals surface area contributed by atoms with Gasteiger partial charge in [0.15, 0.2) is 16.6 Å². The van der Waals surface area contributed by atoms with Gasteiger partial charge < -0.3 is 14.8 Å². The highest BCUT2D eigenvalue weighted by Gasteiger charge is 2.32. The zero-order chi connectivity index (χ0) is 17.3. The van der Waals surface area contributed by atoms with Crippen molar-refractivity contribution in [1.82, 2.24) is 9.88 Å². The Kier molecular flexibility index (Phi) is 4.56. The van der Waals surface area contributed by atoms with Gasteiger partial charge in [0.1, 0.15) is 0 Å². The van der Waals surface area contributed by atoms with Crippen molar-refractivity contribution in [2.24, 2.45) is 5.41 Å². The summed E-state index contributed by atoms with van der Waals surface area (Å²) in [6.45, 7) is 5.95. The van der Waals surface area contributed by atoms with E-state index in [-0.39, 0.29) is 5.41 Å². The first-order valence-electron chi connectivity index (χ1n) is 8.87. The molecule has 0 saturated carbocycles. The summed E-state index contributed by atoms with van der Waals surface area (Å²) in [6.07, 6.45) is 3.57. The van der Waals surface area contributed by atoms with Crippen molar-refractivity contribution in [2.45, 2.75) is 32.7 Å². The lowest BCUT2D eigenvalue weighted by atomic mass is 9.77. The summed E-state index contributed by atoms with van der Waals surface area (Å²) < 4.78 is 11.0. The molecular formula is C19H25N3O2S. The molecule has 1 saturated heterocycles. The number of benzene rings is 1. The number of likely N-dealkylation sites (tertiary alicyclic amines) is 1. The van der Waals surface area contributed by atoms with E-state index in [0.717, 1.165) is 42.7 Å². The number of hydrogen-bond donors (Lipinski definition) is 1. The Balaban J connectivity index is 1.42. The number of ether oxygens (including phenoxy) is 2. The van der Waals surface area contributed by atoms with Gasteiger partial charge >= 0.3 is 0 Å². The third-order valence-corrected chi connectivity index (χ3v) is 5.99. The Bertz CT molecular complexity index is 748. The number of nitrogens with one attached hydrogen (secondary N) is 1. The zero-order valence-electron chi connectivity index (χ0n) is 14.9. The molecule has 2 aliphatic heterocycles. The summed E-state index contributed by atoms with van der Waals surface area (Å²) in [5, 5.41) is 6.28. The predicted octanol–water partition coefficient (Wildman–Crippen LogP) is 3.76. The molecule has 1 fully saturated rings. The van der Waals surface area contributed by atoms with E-state index < -0.39 is 0 Å². The number of rotatable bonds is 5. The van der Waals surface area contributed by atoms with E-state index in [1.54, 1.807) is 11.3 Å². The smallest absolute Gasteiger partial charge is 0.231 e. The lowest BCUT2D eigenvalue weighted by Gasteiger charge is -2.40. The maximum atomic E-state index is 5.53. The molecule has 0 unspecified atom stereocenters. The van der Waals surface area contributed by atoms with E-state index in [1.807, 2.05) is 13.1 Å². The number of nitrogens with zero attached hydrogens (tertiary/aromatic N) is 2. The van der Waals surface area contributed by atoms with Gasteiger partial charge in [0.25, 0.3) is 0 Å². The van der Waals surface area contributed by atoms with Crippen LogP contribution in [0.15, 0.2) is 23.6 Å². The second-order valence-electron chi connectivity index (χ2n) is 7.38. The van der Waals surface area contributed by atoms with E-state index in [2.05, 4.69) is 39.6 Å². The van der Waals surface area contributed by atoms with Gasteiger partial charge in [-0.3, -0.25) is 4.90 Å². The van der Waals surface area contributed by atoms with Gasteiger partial charge in [-0.25, -0.2) is 4.98 Å². The van der Waals surface area contributed by atoms with Crippen molar-refractivity contribution in [2.75, 3.05) is 32.2 Å². The molecular weight excluding hydrogens is 334 g/mol. The number of fused-ring (bicyclic) bond motifs is 1. The van der Waals surface area contributed by atoms with Crippen LogP contribution in [0.5, 0.6) is 11.5 Å². The van der Waals surface area contributed by atoms with Crippen LogP contribution in [0, 0.1) is 5.41 Å². The van der Waals surface area contributed by atoms with Gasteiger partial charge in [0.05, 0.1) is 5.69 Å². The summed E-state index contributed by atoms with van der Waals surface area (Å²) in [6, 6.07) is 6.36. The van der Waals surface area contributed by atoms with Crippen molar-refractivity contribution in [3.05, 3.63) is 34.8 Å². The number of hydrogen-bond acceptors (Lipinski definition) is 6. The molecule has 1 aromatic carbocycles. The number of aromatic nitrogens is 1. The standard InChI is InChI=1S/C19H25N3O2S/c1-19(9-14-4-5-16-17(8-14)24-13-23-16)6-3-7-22(12-19)10-15-11-25-18(20-2)21-15/h4-5,8,11H,3,6-7,9-10,12-13H2,1-2H3,(H,20,21)/t19-/m0/s1. The molecule has 2 aliphatic rings. The van der Waals surface area contributed by atoms with E-state index >= 15 is 0 Å². The zero-order valence-corrected chi connectivity index (χ0v) is 15.7. The van der Waals surface area contributed by atoms with Gasteiger partial charge in [-0.05, 0) is 48.9 Å². The lowest BCUT2D eigenvalue weighted by Crippen LogP contribution is -2.42. The maximum Gasteiger partial charge on any atom is 0.231 e.